The molecule has 0 radical (unpaired) electrons. The fraction of sp³-hybridized carbons (Fsp3) is 0.923. The maximum absolute atomic E-state index is 12.2. The van der Waals surface area contributed by atoms with Gasteiger partial charge in [-0.3, -0.25) is 4.79 Å². The number of hydrogen-bond acceptors (Lipinski definition) is 3. The summed E-state index contributed by atoms with van der Waals surface area (Å²) in [6, 6.07) is 0. The molecule has 100 valence electrons. The van der Waals surface area contributed by atoms with E-state index in [1.807, 2.05) is 18.7 Å². The maximum Gasteiger partial charge on any atom is 0.228 e. The summed E-state index contributed by atoms with van der Waals surface area (Å²) in [4.78, 5) is 14.2. The second-order valence-corrected chi connectivity index (χ2v) is 5.39. The number of rotatable bonds is 5. The van der Waals surface area contributed by atoms with Gasteiger partial charge in [0.1, 0.15) is 0 Å². The second kappa shape index (κ2) is 6.36. The predicted molar refractivity (Wildman–Crippen MR) is 68.7 cm³/mol. The number of ether oxygens (including phenoxy) is 1. The summed E-state index contributed by atoms with van der Waals surface area (Å²) in [5.74, 6) is 0.275. The smallest absolute Gasteiger partial charge is 0.228 e. The number of nitrogens with two attached hydrogens (primary N) is 1. The van der Waals surface area contributed by atoms with Crippen LogP contribution in [0.2, 0.25) is 0 Å². The molecule has 0 aromatic carbocycles. The van der Waals surface area contributed by atoms with Crippen LogP contribution in [0, 0.1) is 5.41 Å². The van der Waals surface area contributed by atoms with Gasteiger partial charge in [-0.1, -0.05) is 20.8 Å². The molecular weight excluding hydrogens is 216 g/mol. The van der Waals surface area contributed by atoms with E-state index in [4.69, 9.17) is 10.5 Å². The number of nitrogens with zero attached hydrogens (tertiary/aromatic N) is 1. The molecule has 0 aliphatic carbocycles. The number of piperidine rings is 1. The molecule has 2 N–H and O–H groups in total. The van der Waals surface area contributed by atoms with Crippen LogP contribution in [0.4, 0.5) is 0 Å². The zero-order valence-corrected chi connectivity index (χ0v) is 11.4. The van der Waals surface area contributed by atoms with E-state index < -0.39 is 0 Å². The van der Waals surface area contributed by atoms with Crippen LogP contribution < -0.4 is 5.73 Å². The summed E-state index contributed by atoms with van der Waals surface area (Å²) in [7, 11) is 0. The minimum atomic E-state index is -0.231. The van der Waals surface area contributed by atoms with Crippen LogP contribution in [-0.2, 0) is 9.53 Å². The number of carbonyl (C=O) groups excluding carboxylic acids is 1. The van der Waals surface area contributed by atoms with Gasteiger partial charge in [-0.25, -0.2) is 0 Å². The first-order valence-electron chi connectivity index (χ1n) is 6.62. The largest absolute Gasteiger partial charge is 0.377 e. The first-order valence-corrected chi connectivity index (χ1v) is 6.62. The van der Waals surface area contributed by atoms with Crippen LogP contribution in [0.5, 0.6) is 0 Å². The Labute approximate surface area is 104 Å². The Morgan fingerprint density at radius 2 is 2.00 bits per heavy atom. The first kappa shape index (κ1) is 14.5. The molecule has 0 saturated carbocycles. The quantitative estimate of drug-likeness (QED) is 0.792. The highest BCUT2D eigenvalue weighted by molar-refractivity contribution is 5.81. The molecule has 1 aliphatic rings. The SMILES string of the molecule is CCC(C)(C)C(=O)N1CCC(OCCN)CC1. The van der Waals surface area contributed by atoms with Crippen molar-refractivity contribution in [2.45, 2.75) is 46.1 Å². The van der Waals surface area contributed by atoms with Crippen LogP contribution in [0.15, 0.2) is 0 Å². The van der Waals surface area contributed by atoms with Gasteiger partial charge in [0.25, 0.3) is 0 Å². The summed E-state index contributed by atoms with van der Waals surface area (Å²) < 4.78 is 5.61. The van der Waals surface area contributed by atoms with E-state index >= 15 is 0 Å². The van der Waals surface area contributed by atoms with Crippen molar-refractivity contribution in [1.82, 2.24) is 4.90 Å². The van der Waals surface area contributed by atoms with E-state index in [0.29, 0.717) is 13.2 Å². The summed E-state index contributed by atoms with van der Waals surface area (Å²) in [6.45, 7) is 8.93. The number of likely N-dealkylation sites (tertiary alicyclic amines) is 1. The topological polar surface area (TPSA) is 55.6 Å². The van der Waals surface area contributed by atoms with E-state index in [0.717, 1.165) is 32.4 Å². The number of hydrogen-bond donors (Lipinski definition) is 1. The Balaban J connectivity index is 2.39. The molecule has 0 unspecified atom stereocenters. The fourth-order valence-corrected chi connectivity index (χ4v) is 2.04. The molecule has 0 aromatic heterocycles. The monoisotopic (exact) mass is 242 g/mol. The highest BCUT2D eigenvalue weighted by atomic mass is 16.5. The third-order valence-corrected chi connectivity index (χ3v) is 3.66. The molecular formula is C13H26N2O2. The van der Waals surface area contributed by atoms with E-state index in [9.17, 15) is 4.79 Å². The Bertz CT molecular complexity index is 246. The second-order valence-electron chi connectivity index (χ2n) is 5.39. The first-order chi connectivity index (χ1) is 8.01. The van der Waals surface area contributed by atoms with Crippen LogP contribution in [0.3, 0.4) is 0 Å². The molecule has 17 heavy (non-hydrogen) atoms. The molecule has 4 heteroatoms. The summed E-state index contributed by atoms with van der Waals surface area (Å²) in [5.41, 5.74) is 5.18. The minimum absolute atomic E-state index is 0.231. The van der Waals surface area contributed by atoms with Gasteiger partial charge in [0.05, 0.1) is 12.7 Å². The molecule has 1 amide bonds. The van der Waals surface area contributed by atoms with Crippen LogP contribution in [0.1, 0.15) is 40.0 Å². The summed E-state index contributed by atoms with van der Waals surface area (Å²) >= 11 is 0. The maximum atomic E-state index is 12.2. The highest BCUT2D eigenvalue weighted by Gasteiger charge is 2.32. The van der Waals surface area contributed by atoms with Gasteiger partial charge >= 0.3 is 0 Å². The Morgan fingerprint density at radius 3 is 2.47 bits per heavy atom. The van der Waals surface area contributed by atoms with Gasteiger partial charge in [0.2, 0.25) is 5.91 Å². The number of carbonyl (C=O) groups is 1. The van der Waals surface area contributed by atoms with Crippen LogP contribution in [0.25, 0.3) is 0 Å². The molecule has 4 nitrogen and oxygen atoms in total. The lowest BCUT2D eigenvalue weighted by Crippen LogP contribution is -2.46. The average Bonchev–Trinajstić information content (AvgIpc) is 2.36. The van der Waals surface area contributed by atoms with Gasteiger partial charge in [-0.15, -0.1) is 0 Å². The highest BCUT2D eigenvalue weighted by Crippen LogP contribution is 2.25. The van der Waals surface area contributed by atoms with Crippen molar-refractivity contribution >= 4 is 5.91 Å². The zero-order chi connectivity index (χ0) is 12.9. The summed E-state index contributed by atoms with van der Waals surface area (Å²) in [5, 5.41) is 0. The van der Waals surface area contributed by atoms with Crippen molar-refractivity contribution in [3.8, 4) is 0 Å². The van der Waals surface area contributed by atoms with Crippen molar-refractivity contribution in [3.63, 3.8) is 0 Å². The third-order valence-electron chi connectivity index (χ3n) is 3.66. The lowest BCUT2D eigenvalue weighted by Gasteiger charge is -2.36. The van der Waals surface area contributed by atoms with Crippen molar-refractivity contribution in [2.75, 3.05) is 26.2 Å². The minimum Gasteiger partial charge on any atom is -0.377 e. The molecule has 1 heterocycles. The van der Waals surface area contributed by atoms with Gasteiger partial charge in [-0.2, -0.15) is 0 Å². The Hall–Kier alpha value is -0.610. The molecule has 1 saturated heterocycles. The van der Waals surface area contributed by atoms with Crippen molar-refractivity contribution < 1.29 is 9.53 Å². The molecule has 1 aliphatic heterocycles. The van der Waals surface area contributed by atoms with Gasteiger partial charge in [0, 0.05) is 25.0 Å². The van der Waals surface area contributed by atoms with Crippen LogP contribution >= 0.6 is 0 Å². The van der Waals surface area contributed by atoms with E-state index in [-0.39, 0.29) is 17.4 Å². The average molecular weight is 242 g/mol. The molecule has 0 aromatic rings. The lowest BCUT2D eigenvalue weighted by molar-refractivity contribution is -0.143. The summed E-state index contributed by atoms with van der Waals surface area (Å²) in [6.07, 6.45) is 3.04. The predicted octanol–water partition coefficient (Wildman–Crippen LogP) is 1.39. The number of amides is 1. The van der Waals surface area contributed by atoms with Crippen molar-refractivity contribution in [3.05, 3.63) is 0 Å². The zero-order valence-electron chi connectivity index (χ0n) is 11.4. The van der Waals surface area contributed by atoms with Gasteiger partial charge in [-0.05, 0) is 19.3 Å². The van der Waals surface area contributed by atoms with E-state index in [1.54, 1.807) is 0 Å². The standard InChI is InChI=1S/C13H26N2O2/c1-4-13(2,3)12(16)15-8-5-11(6-9-15)17-10-7-14/h11H,4-10,14H2,1-3H3. The molecule has 1 rings (SSSR count). The van der Waals surface area contributed by atoms with E-state index in [2.05, 4.69) is 6.92 Å². The lowest BCUT2D eigenvalue weighted by atomic mass is 9.88. The van der Waals surface area contributed by atoms with Crippen LogP contribution in [-0.4, -0.2) is 43.2 Å². The van der Waals surface area contributed by atoms with Crippen molar-refractivity contribution in [2.24, 2.45) is 11.1 Å². The van der Waals surface area contributed by atoms with Crippen molar-refractivity contribution in [1.29, 1.82) is 0 Å². The fourth-order valence-electron chi connectivity index (χ4n) is 2.04. The molecule has 0 bridgehead atoms. The van der Waals surface area contributed by atoms with E-state index in [1.165, 1.54) is 0 Å². The Morgan fingerprint density at radius 1 is 1.41 bits per heavy atom. The van der Waals surface area contributed by atoms with Gasteiger partial charge in [0.15, 0.2) is 0 Å². The van der Waals surface area contributed by atoms with Gasteiger partial charge < -0.3 is 15.4 Å². The molecule has 0 spiro atoms. The normalized spacial score (nSPS) is 18.5. The third kappa shape index (κ3) is 3.96. The molecule has 1 fully saturated rings. The molecule has 0 atom stereocenters. The Kier molecular flexibility index (Phi) is 5.40.